The van der Waals surface area contributed by atoms with Crippen LogP contribution < -0.4 is 11.3 Å². The Labute approximate surface area is 116 Å². The molecule has 0 aliphatic carbocycles. The average Bonchev–Trinajstić information content (AvgIpc) is 2.37. The van der Waals surface area contributed by atoms with Crippen molar-refractivity contribution < 1.29 is 4.92 Å². The van der Waals surface area contributed by atoms with E-state index in [2.05, 4.69) is 20.9 Å². The van der Waals surface area contributed by atoms with Gasteiger partial charge in [-0.25, -0.2) is 4.98 Å². The summed E-state index contributed by atoms with van der Waals surface area (Å²) in [5.74, 6) is 0.289. The number of nitrogens with zero attached hydrogens (tertiary/aromatic N) is 3. The van der Waals surface area contributed by atoms with E-state index in [9.17, 15) is 14.9 Å². The zero-order valence-electron chi connectivity index (χ0n) is 9.62. The minimum absolute atomic E-state index is 0.124. The zero-order chi connectivity index (χ0) is 14.0. The number of nitrogen functional groups attached to an aromatic ring is 1. The average molecular weight is 325 g/mol. The lowest BCUT2D eigenvalue weighted by atomic mass is 10.2. The molecule has 8 heteroatoms. The molecule has 2 N–H and O–H groups in total. The summed E-state index contributed by atoms with van der Waals surface area (Å²) in [7, 11) is 0. The standard InChI is InChI=1S/C11H9BrN4O3/c12-9-4-8(16(18)19)6-15(11(9)17)5-7-2-1-3-14-10(7)13/h1-4,6H,5H2,(H2,13,14). The fourth-order valence-corrected chi connectivity index (χ4v) is 2.03. The van der Waals surface area contributed by atoms with Crippen LogP contribution in [0.2, 0.25) is 0 Å². The SMILES string of the molecule is Nc1ncccc1Cn1cc([N+](=O)[O-])cc(Br)c1=O. The van der Waals surface area contributed by atoms with Crippen LogP contribution in [-0.2, 0) is 6.54 Å². The van der Waals surface area contributed by atoms with Crippen molar-refractivity contribution in [3.8, 4) is 0 Å². The molecule has 0 aromatic carbocycles. The van der Waals surface area contributed by atoms with Crippen LogP contribution in [0.1, 0.15) is 5.56 Å². The second-order valence-electron chi connectivity index (χ2n) is 3.78. The van der Waals surface area contributed by atoms with Gasteiger partial charge in [0.1, 0.15) is 5.82 Å². The van der Waals surface area contributed by atoms with Crippen molar-refractivity contribution in [3.63, 3.8) is 0 Å². The Morgan fingerprint density at radius 3 is 2.89 bits per heavy atom. The maximum Gasteiger partial charge on any atom is 0.286 e. The van der Waals surface area contributed by atoms with Gasteiger partial charge in [0.25, 0.3) is 11.2 Å². The normalized spacial score (nSPS) is 10.4. The Morgan fingerprint density at radius 1 is 1.53 bits per heavy atom. The quantitative estimate of drug-likeness (QED) is 0.681. The van der Waals surface area contributed by atoms with Gasteiger partial charge in [-0.05, 0) is 22.0 Å². The van der Waals surface area contributed by atoms with Crippen molar-refractivity contribution in [3.05, 3.63) is 61.1 Å². The van der Waals surface area contributed by atoms with Gasteiger partial charge in [-0.3, -0.25) is 14.9 Å². The topological polar surface area (TPSA) is 104 Å². The molecule has 0 saturated carbocycles. The number of nitrogens with two attached hydrogens (primary N) is 1. The van der Waals surface area contributed by atoms with E-state index in [1.165, 1.54) is 23.0 Å². The van der Waals surface area contributed by atoms with Gasteiger partial charge >= 0.3 is 0 Å². The summed E-state index contributed by atoms with van der Waals surface area (Å²) in [4.78, 5) is 26.0. The molecule has 0 unspecified atom stereocenters. The Morgan fingerprint density at radius 2 is 2.26 bits per heavy atom. The molecule has 0 amide bonds. The van der Waals surface area contributed by atoms with Gasteiger partial charge in [-0.2, -0.15) is 0 Å². The molecule has 7 nitrogen and oxygen atoms in total. The molecule has 19 heavy (non-hydrogen) atoms. The van der Waals surface area contributed by atoms with E-state index in [1.807, 2.05) is 0 Å². The lowest BCUT2D eigenvalue weighted by Crippen LogP contribution is -2.21. The number of hydrogen-bond acceptors (Lipinski definition) is 5. The Bertz CT molecular complexity index is 699. The van der Waals surface area contributed by atoms with Crippen LogP contribution in [0.25, 0.3) is 0 Å². The largest absolute Gasteiger partial charge is 0.383 e. The summed E-state index contributed by atoms with van der Waals surface area (Å²) in [5, 5.41) is 10.8. The smallest absolute Gasteiger partial charge is 0.286 e. The summed E-state index contributed by atoms with van der Waals surface area (Å²) in [6.07, 6.45) is 2.71. The molecule has 0 spiro atoms. The zero-order valence-corrected chi connectivity index (χ0v) is 11.2. The van der Waals surface area contributed by atoms with Crippen LogP contribution >= 0.6 is 15.9 Å². The summed E-state index contributed by atoms with van der Waals surface area (Å²) < 4.78 is 1.35. The van der Waals surface area contributed by atoms with Crippen LogP contribution in [-0.4, -0.2) is 14.5 Å². The number of anilines is 1. The number of halogens is 1. The van der Waals surface area contributed by atoms with Gasteiger partial charge in [0.2, 0.25) is 0 Å². The Kier molecular flexibility index (Phi) is 3.61. The summed E-state index contributed by atoms with van der Waals surface area (Å²) in [6, 6.07) is 4.57. The fraction of sp³-hybridized carbons (Fsp3) is 0.0909. The number of pyridine rings is 2. The summed E-state index contributed by atoms with van der Waals surface area (Å²) in [6.45, 7) is 0.124. The fourth-order valence-electron chi connectivity index (χ4n) is 1.57. The van der Waals surface area contributed by atoms with Crippen molar-refractivity contribution in [2.45, 2.75) is 6.54 Å². The molecule has 0 bridgehead atoms. The van der Waals surface area contributed by atoms with E-state index in [-0.39, 0.29) is 28.1 Å². The number of hydrogen-bond donors (Lipinski definition) is 1. The number of nitro groups is 1. The molecule has 2 rings (SSSR count). The predicted octanol–water partition coefficient (Wildman–Crippen LogP) is 1.54. The van der Waals surface area contributed by atoms with Gasteiger partial charge in [0.15, 0.2) is 0 Å². The van der Waals surface area contributed by atoms with Crippen LogP contribution in [0.3, 0.4) is 0 Å². The molecular formula is C11H9BrN4O3. The second kappa shape index (κ2) is 5.19. The van der Waals surface area contributed by atoms with E-state index in [1.54, 1.807) is 12.1 Å². The molecule has 0 radical (unpaired) electrons. The summed E-state index contributed by atoms with van der Waals surface area (Å²) >= 11 is 3.01. The van der Waals surface area contributed by atoms with Crippen LogP contribution in [0.5, 0.6) is 0 Å². The summed E-state index contributed by atoms with van der Waals surface area (Å²) in [5.41, 5.74) is 5.77. The molecule has 2 heterocycles. The molecule has 0 atom stereocenters. The van der Waals surface area contributed by atoms with E-state index in [0.717, 1.165) is 0 Å². The Balaban J connectivity index is 2.48. The number of rotatable bonds is 3. The van der Waals surface area contributed by atoms with E-state index in [0.29, 0.717) is 5.56 Å². The van der Waals surface area contributed by atoms with Crippen molar-refractivity contribution in [2.24, 2.45) is 0 Å². The lowest BCUT2D eigenvalue weighted by molar-refractivity contribution is -0.385. The lowest BCUT2D eigenvalue weighted by Gasteiger charge is -2.08. The molecule has 2 aromatic rings. The molecule has 0 aliphatic heterocycles. The van der Waals surface area contributed by atoms with Crippen LogP contribution in [0.15, 0.2) is 39.9 Å². The highest BCUT2D eigenvalue weighted by molar-refractivity contribution is 9.10. The van der Waals surface area contributed by atoms with Gasteiger partial charge in [-0.1, -0.05) is 6.07 Å². The first-order valence-corrected chi connectivity index (χ1v) is 6.02. The highest BCUT2D eigenvalue weighted by Crippen LogP contribution is 2.16. The van der Waals surface area contributed by atoms with Crippen molar-refractivity contribution >= 4 is 27.4 Å². The van der Waals surface area contributed by atoms with Crippen molar-refractivity contribution in [1.82, 2.24) is 9.55 Å². The third kappa shape index (κ3) is 2.79. The maximum atomic E-state index is 11.9. The molecule has 98 valence electrons. The van der Waals surface area contributed by atoms with E-state index in [4.69, 9.17) is 5.73 Å². The Hall–Kier alpha value is -2.22. The minimum Gasteiger partial charge on any atom is -0.383 e. The maximum absolute atomic E-state index is 11.9. The van der Waals surface area contributed by atoms with Crippen LogP contribution in [0, 0.1) is 10.1 Å². The van der Waals surface area contributed by atoms with Gasteiger partial charge in [0.05, 0.1) is 22.1 Å². The van der Waals surface area contributed by atoms with Crippen LogP contribution in [0.4, 0.5) is 11.5 Å². The first kappa shape index (κ1) is 13.2. The van der Waals surface area contributed by atoms with E-state index < -0.39 is 4.92 Å². The monoisotopic (exact) mass is 324 g/mol. The van der Waals surface area contributed by atoms with Crippen molar-refractivity contribution in [2.75, 3.05) is 5.73 Å². The third-order valence-electron chi connectivity index (χ3n) is 2.51. The van der Waals surface area contributed by atoms with E-state index >= 15 is 0 Å². The molecule has 0 fully saturated rings. The number of aromatic nitrogens is 2. The molecule has 0 saturated heterocycles. The first-order chi connectivity index (χ1) is 8.99. The first-order valence-electron chi connectivity index (χ1n) is 5.23. The third-order valence-corrected chi connectivity index (χ3v) is 3.07. The highest BCUT2D eigenvalue weighted by Gasteiger charge is 2.13. The molecule has 2 aromatic heterocycles. The minimum atomic E-state index is -0.562. The van der Waals surface area contributed by atoms with Gasteiger partial charge in [-0.15, -0.1) is 0 Å². The van der Waals surface area contributed by atoms with Crippen molar-refractivity contribution in [1.29, 1.82) is 0 Å². The molecular weight excluding hydrogens is 316 g/mol. The predicted molar refractivity (Wildman–Crippen MR) is 72.8 cm³/mol. The molecule has 0 aliphatic rings. The second-order valence-corrected chi connectivity index (χ2v) is 4.64. The van der Waals surface area contributed by atoms with Gasteiger partial charge < -0.3 is 10.3 Å². The highest BCUT2D eigenvalue weighted by atomic mass is 79.9. The van der Waals surface area contributed by atoms with Gasteiger partial charge in [0, 0.05) is 17.8 Å².